The predicted octanol–water partition coefficient (Wildman–Crippen LogP) is 4.03. The molecule has 1 aliphatic heterocycles. The summed E-state index contributed by atoms with van der Waals surface area (Å²) in [6.45, 7) is 2.03. The Hall–Kier alpha value is -2.09. The molecule has 29 heavy (non-hydrogen) atoms. The summed E-state index contributed by atoms with van der Waals surface area (Å²) in [4.78, 5) is 27.3. The van der Waals surface area contributed by atoms with Crippen molar-refractivity contribution in [1.29, 1.82) is 0 Å². The molecule has 6 nitrogen and oxygen atoms in total. The smallest absolute Gasteiger partial charge is 0.254 e. The van der Waals surface area contributed by atoms with Crippen molar-refractivity contribution in [3.8, 4) is 0 Å². The molecule has 1 saturated heterocycles. The molecule has 2 aromatic carbocycles. The van der Waals surface area contributed by atoms with Crippen molar-refractivity contribution in [1.82, 2.24) is 4.90 Å². The molecule has 0 saturated carbocycles. The van der Waals surface area contributed by atoms with E-state index in [1.807, 2.05) is 0 Å². The molecule has 1 fully saturated rings. The maximum Gasteiger partial charge on any atom is 0.254 e. The topological polar surface area (TPSA) is 83.6 Å². The summed E-state index contributed by atoms with van der Waals surface area (Å²) in [6.07, 6.45) is 1.24. The summed E-state index contributed by atoms with van der Waals surface area (Å²) in [5, 5.41) is 3.46. The van der Waals surface area contributed by atoms with Crippen molar-refractivity contribution in [2.45, 2.75) is 30.7 Å². The third kappa shape index (κ3) is 4.91. The van der Waals surface area contributed by atoms with Crippen LogP contribution >= 0.6 is 23.2 Å². The number of hydrogen-bond donors (Lipinski definition) is 1. The predicted molar refractivity (Wildman–Crippen MR) is 113 cm³/mol. The Balaban J connectivity index is 1.74. The number of sulfone groups is 1. The Morgan fingerprint density at radius 2 is 1.72 bits per heavy atom. The summed E-state index contributed by atoms with van der Waals surface area (Å²) in [5.41, 5.74) is 0.798. The summed E-state index contributed by atoms with van der Waals surface area (Å²) in [6, 6.07) is 9.96. The monoisotopic (exact) mass is 454 g/mol. The van der Waals surface area contributed by atoms with Crippen molar-refractivity contribution in [3.05, 3.63) is 58.1 Å². The van der Waals surface area contributed by atoms with Crippen LogP contribution < -0.4 is 5.32 Å². The molecule has 0 aromatic heterocycles. The normalized spacial score (nSPS) is 16.7. The summed E-state index contributed by atoms with van der Waals surface area (Å²) < 4.78 is 23.8. The molecule has 0 spiro atoms. The zero-order valence-electron chi connectivity index (χ0n) is 15.7. The Labute approximate surface area is 179 Å². The van der Waals surface area contributed by atoms with E-state index in [0.29, 0.717) is 40.7 Å². The lowest BCUT2D eigenvalue weighted by Gasteiger charge is -2.24. The first kappa shape index (κ1) is 21.6. The van der Waals surface area contributed by atoms with Gasteiger partial charge in [-0.15, -0.1) is 0 Å². The van der Waals surface area contributed by atoms with Crippen LogP contribution in [0.15, 0.2) is 47.4 Å². The maximum absolute atomic E-state index is 12.9. The van der Waals surface area contributed by atoms with E-state index < -0.39 is 15.9 Å². The van der Waals surface area contributed by atoms with Crippen molar-refractivity contribution >= 4 is 50.5 Å². The average Bonchev–Trinajstić information content (AvgIpc) is 3.17. The van der Waals surface area contributed by atoms with Gasteiger partial charge < -0.3 is 10.2 Å². The second kappa shape index (κ2) is 8.73. The molecule has 2 aromatic rings. The minimum absolute atomic E-state index is 0.00533. The summed E-state index contributed by atoms with van der Waals surface area (Å²) in [7, 11) is -3.30. The molecule has 154 valence electrons. The number of hydrogen-bond acceptors (Lipinski definition) is 4. The van der Waals surface area contributed by atoms with Gasteiger partial charge in [0.15, 0.2) is 9.84 Å². The Morgan fingerprint density at radius 3 is 2.31 bits per heavy atom. The van der Waals surface area contributed by atoms with E-state index in [0.717, 1.165) is 0 Å². The number of halogens is 2. The third-order valence-electron chi connectivity index (χ3n) is 4.79. The van der Waals surface area contributed by atoms with Crippen molar-refractivity contribution in [2.24, 2.45) is 0 Å². The molecular weight excluding hydrogens is 435 g/mol. The molecule has 1 atom stereocenters. The van der Waals surface area contributed by atoms with Gasteiger partial charge in [0.05, 0.1) is 10.6 Å². The third-order valence-corrected chi connectivity index (χ3v) is 6.97. The molecule has 9 heteroatoms. The average molecular weight is 455 g/mol. The number of carbonyl (C=O) groups excluding carboxylic acids is 2. The van der Waals surface area contributed by atoms with Crippen LogP contribution in [0.2, 0.25) is 10.0 Å². The van der Waals surface area contributed by atoms with Crippen LogP contribution in [-0.2, 0) is 14.6 Å². The van der Waals surface area contributed by atoms with Gasteiger partial charge in [-0.2, -0.15) is 0 Å². The van der Waals surface area contributed by atoms with Crippen LogP contribution in [0.25, 0.3) is 0 Å². The van der Waals surface area contributed by atoms with E-state index in [-0.39, 0.29) is 22.5 Å². The largest absolute Gasteiger partial charge is 0.327 e. The number of amides is 2. The molecule has 3 rings (SSSR count). The standard InChI is InChI=1S/C20H20Cl2N2O4S/c1-2-29(27,28)17-7-5-16(6-8-17)23-19(25)18-4-3-9-24(18)20(26)13-10-14(21)12-15(22)11-13/h5-8,10-12,18H,2-4,9H2,1H3,(H,23,25). The van der Waals surface area contributed by atoms with Gasteiger partial charge >= 0.3 is 0 Å². The SMILES string of the molecule is CCS(=O)(=O)c1ccc(NC(=O)C2CCCN2C(=O)c2cc(Cl)cc(Cl)c2)cc1. The summed E-state index contributed by atoms with van der Waals surface area (Å²) >= 11 is 12.0. The van der Waals surface area contributed by atoms with Gasteiger partial charge in [0, 0.05) is 27.8 Å². The van der Waals surface area contributed by atoms with Crippen molar-refractivity contribution < 1.29 is 18.0 Å². The lowest BCUT2D eigenvalue weighted by molar-refractivity contribution is -0.119. The van der Waals surface area contributed by atoms with E-state index in [9.17, 15) is 18.0 Å². The van der Waals surface area contributed by atoms with Crippen LogP contribution in [0.4, 0.5) is 5.69 Å². The van der Waals surface area contributed by atoms with E-state index >= 15 is 0 Å². The molecule has 0 aliphatic carbocycles. The van der Waals surface area contributed by atoms with Gasteiger partial charge in [-0.05, 0) is 55.3 Å². The molecule has 0 bridgehead atoms. The molecule has 1 heterocycles. The number of rotatable bonds is 5. The first-order valence-electron chi connectivity index (χ1n) is 9.12. The fourth-order valence-electron chi connectivity index (χ4n) is 3.26. The number of nitrogens with one attached hydrogen (secondary N) is 1. The molecule has 1 aliphatic rings. The van der Waals surface area contributed by atoms with E-state index in [1.54, 1.807) is 6.92 Å². The number of carbonyl (C=O) groups is 2. The minimum Gasteiger partial charge on any atom is -0.327 e. The van der Waals surface area contributed by atoms with Crippen molar-refractivity contribution in [3.63, 3.8) is 0 Å². The van der Waals surface area contributed by atoms with Crippen LogP contribution in [0.3, 0.4) is 0 Å². The Bertz CT molecular complexity index is 1020. The molecular formula is C20H20Cl2N2O4S. The van der Waals surface area contributed by atoms with Crippen LogP contribution in [0, 0.1) is 0 Å². The highest BCUT2D eigenvalue weighted by Crippen LogP contribution is 2.25. The highest BCUT2D eigenvalue weighted by Gasteiger charge is 2.34. The van der Waals surface area contributed by atoms with Gasteiger partial charge in [0.2, 0.25) is 5.91 Å². The number of benzene rings is 2. The van der Waals surface area contributed by atoms with Crippen LogP contribution in [0.1, 0.15) is 30.1 Å². The highest BCUT2D eigenvalue weighted by molar-refractivity contribution is 7.91. The Kier molecular flexibility index (Phi) is 6.51. The van der Waals surface area contributed by atoms with Gasteiger partial charge in [0.25, 0.3) is 5.91 Å². The summed E-state index contributed by atoms with van der Waals surface area (Å²) in [5.74, 6) is -0.628. The van der Waals surface area contributed by atoms with E-state index in [4.69, 9.17) is 23.2 Å². The van der Waals surface area contributed by atoms with E-state index in [2.05, 4.69) is 5.32 Å². The van der Waals surface area contributed by atoms with Crippen LogP contribution in [0.5, 0.6) is 0 Å². The maximum atomic E-state index is 12.9. The van der Waals surface area contributed by atoms with Gasteiger partial charge in [0.1, 0.15) is 6.04 Å². The van der Waals surface area contributed by atoms with Crippen LogP contribution in [-0.4, -0.2) is 43.5 Å². The first-order valence-corrected chi connectivity index (χ1v) is 11.5. The quantitative estimate of drug-likeness (QED) is 0.738. The lowest BCUT2D eigenvalue weighted by atomic mass is 10.1. The second-order valence-corrected chi connectivity index (χ2v) is 9.88. The number of anilines is 1. The molecule has 0 radical (unpaired) electrons. The second-order valence-electron chi connectivity index (χ2n) is 6.73. The minimum atomic E-state index is -3.30. The zero-order valence-corrected chi connectivity index (χ0v) is 18.0. The number of nitrogens with zero attached hydrogens (tertiary/aromatic N) is 1. The van der Waals surface area contributed by atoms with Gasteiger partial charge in [-0.1, -0.05) is 30.1 Å². The highest BCUT2D eigenvalue weighted by atomic mass is 35.5. The molecule has 1 N–H and O–H groups in total. The fourth-order valence-corrected chi connectivity index (χ4v) is 4.67. The van der Waals surface area contributed by atoms with Crippen molar-refractivity contribution in [2.75, 3.05) is 17.6 Å². The zero-order chi connectivity index (χ0) is 21.2. The fraction of sp³-hybridized carbons (Fsp3) is 0.300. The van der Waals surface area contributed by atoms with Gasteiger partial charge in [-0.3, -0.25) is 9.59 Å². The lowest BCUT2D eigenvalue weighted by Crippen LogP contribution is -2.43. The van der Waals surface area contributed by atoms with Gasteiger partial charge in [-0.25, -0.2) is 8.42 Å². The number of likely N-dealkylation sites (tertiary alicyclic amines) is 1. The van der Waals surface area contributed by atoms with E-state index in [1.165, 1.54) is 47.4 Å². The molecule has 2 amide bonds. The first-order chi connectivity index (χ1) is 13.7. The Morgan fingerprint density at radius 1 is 1.10 bits per heavy atom. The molecule has 1 unspecified atom stereocenters.